The predicted octanol–water partition coefficient (Wildman–Crippen LogP) is 2.62. The summed E-state index contributed by atoms with van der Waals surface area (Å²) in [6, 6.07) is 9.63. The first-order valence-electron chi connectivity index (χ1n) is 9.90. The Morgan fingerprint density at radius 2 is 2.04 bits per heavy atom. The third kappa shape index (κ3) is 4.15. The lowest BCUT2D eigenvalue weighted by molar-refractivity contribution is -0.137. The normalized spacial score (nSPS) is 26.1. The van der Waals surface area contributed by atoms with Crippen LogP contribution in [0.1, 0.15) is 51.5 Å². The van der Waals surface area contributed by atoms with Crippen LogP contribution in [-0.4, -0.2) is 40.9 Å². The molecule has 0 unspecified atom stereocenters. The SMILES string of the molecule is C[C@H](CCc1ccccc1)NC(=O)CN1C(=O)N[C@@]2(CCCC[C@H]2C)C1=O. The van der Waals surface area contributed by atoms with Crippen LogP contribution in [0.3, 0.4) is 0 Å². The van der Waals surface area contributed by atoms with Gasteiger partial charge in [0.1, 0.15) is 12.1 Å². The number of urea groups is 1. The van der Waals surface area contributed by atoms with E-state index in [9.17, 15) is 14.4 Å². The quantitative estimate of drug-likeness (QED) is 0.755. The molecular weight excluding hydrogens is 342 g/mol. The van der Waals surface area contributed by atoms with E-state index in [0.717, 1.165) is 37.0 Å². The Morgan fingerprint density at radius 1 is 1.30 bits per heavy atom. The van der Waals surface area contributed by atoms with E-state index in [0.29, 0.717) is 6.42 Å². The molecule has 1 saturated heterocycles. The average Bonchev–Trinajstić information content (AvgIpc) is 2.88. The first kappa shape index (κ1) is 19.4. The van der Waals surface area contributed by atoms with E-state index in [1.54, 1.807) is 0 Å². The molecule has 27 heavy (non-hydrogen) atoms. The highest BCUT2D eigenvalue weighted by atomic mass is 16.2. The van der Waals surface area contributed by atoms with Crippen LogP contribution < -0.4 is 10.6 Å². The van der Waals surface area contributed by atoms with Gasteiger partial charge in [0.15, 0.2) is 0 Å². The summed E-state index contributed by atoms with van der Waals surface area (Å²) in [5.41, 5.74) is 0.412. The summed E-state index contributed by atoms with van der Waals surface area (Å²) in [5.74, 6) is -0.438. The minimum absolute atomic E-state index is 0.0268. The Balaban J connectivity index is 1.53. The van der Waals surface area contributed by atoms with Gasteiger partial charge in [-0.2, -0.15) is 0 Å². The fraction of sp³-hybridized carbons (Fsp3) is 0.571. The fourth-order valence-corrected chi connectivity index (χ4v) is 4.20. The van der Waals surface area contributed by atoms with Gasteiger partial charge in [-0.05, 0) is 44.1 Å². The molecule has 0 aromatic heterocycles. The number of benzene rings is 1. The number of aryl methyl sites for hydroxylation is 1. The molecule has 2 aliphatic rings. The molecule has 0 bridgehead atoms. The van der Waals surface area contributed by atoms with Gasteiger partial charge < -0.3 is 10.6 Å². The molecule has 1 heterocycles. The van der Waals surface area contributed by atoms with Crippen molar-refractivity contribution in [3.05, 3.63) is 35.9 Å². The molecule has 4 amide bonds. The fourth-order valence-electron chi connectivity index (χ4n) is 4.20. The minimum Gasteiger partial charge on any atom is -0.352 e. The highest BCUT2D eigenvalue weighted by Crippen LogP contribution is 2.38. The van der Waals surface area contributed by atoms with E-state index < -0.39 is 11.6 Å². The van der Waals surface area contributed by atoms with Crippen LogP contribution in [0.15, 0.2) is 30.3 Å². The lowest BCUT2D eigenvalue weighted by Gasteiger charge is -2.36. The van der Waals surface area contributed by atoms with Crippen molar-refractivity contribution in [2.24, 2.45) is 5.92 Å². The Bertz CT molecular complexity index is 706. The van der Waals surface area contributed by atoms with Gasteiger partial charge in [-0.25, -0.2) is 4.79 Å². The summed E-state index contributed by atoms with van der Waals surface area (Å²) < 4.78 is 0. The van der Waals surface area contributed by atoms with Crippen molar-refractivity contribution in [2.45, 2.75) is 64.0 Å². The zero-order valence-electron chi connectivity index (χ0n) is 16.2. The van der Waals surface area contributed by atoms with Gasteiger partial charge in [-0.1, -0.05) is 50.1 Å². The third-order valence-electron chi connectivity index (χ3n) is 5.92. The van der Waals surface area contributed by atoms with Gasteiger partial charge in [0.25, 0.3) is 5.91 Å². The Morgan fingerprint density at radius 3 is 2.74 bits per heavy atom. The lowest BCUT2D eigenvalue weighted by Crippen LogP contribution is -2.54. The molecule has 0 radical (unpaired) electrons. The van der Waals surface area contributed by atoms with E-state index in [-0.39, 0.29) is 30.3 Å². The first-order chi connectivity index (χ1) is 12.9. The summed E-state index contributed by atoms with van der Waals surface area (Å²) in [6.45, 7) is 3.73. The van der Waals surface area contributed by atoms with Gasteiger partial charge in [0.05, 0.1) is 0 Å². The van der Waals surface area contributed by atoms with Gasteiger partial charge in [-0.15, -0.1) is 0 Å². The van der Waals surface area contributed by atoms with Crippen molar-refractivity contribution < 1.29 is 14.4 Å². The van der Waals surface area contributed by atoms with Gasteiger partial charge >= 0.3 is 6.03 Å². The van der Waals surface area contributed by atoms with Crippen LogP contribution in [-0.2, 0) is 16.0 Å². The van der Waals surface area contributed by atoms with Crippen LogP contribution >= 0.6 is 0 Å². The standard InChI is InChI=1S/C21H29N3O3/c1-15-8-6-7-13-21(15)19(26)24(20(27)23-21)14-18(25)22-16(2)11-12-17-9-4-3-5-10-17/h3-5,9-10,15-16H,6-8,11-14H2,1-2H3,(H,22,25)(H,23,27)/t15-,16-,21-/m1/s1. The maximum Gasteiger partial charge on any atom is 0.325 e. The molecule has 6 heteroatoms. The monoisotopic (exact) mass is 371 g/mol. The van der Waals surface area contributed by atoms with Crippen LogP contribution in [0.4, 0.5) is 4.79 Å². The molecule has 146 valence electrons. The van der Waals surface area contributed by atoms with Crippen molar-refractivity contribution in [3.8, 4) is 0 Å². The summed E-state index contributed by atoms with van der Waals surface area (Å²) in [5, 5.41) is 5.79. The summed E-state index contributed by atoms with van der Waals surface area (Å²) >= 11 is 0. The number of nitrogens with one attached hydrogen (secondary N) is 2. The molecule has 2 N–H and O–H groups in total. The number of nitrogens with zero attached hydrogens (tertiary/aromatic N) is 1. The van der Waals surface area contributed by atoms with Gasteiger partial charge in [0.2, 0.25) is 5.91 Å². The maximum atomic E-state index is 12.9. The highest BCUT2D eigenvalue weighted by molar-refractivity contribution is 6.09. The predicted molar refractivity (Wildman–Crippen MR) is 103 cm³/mol. The second kappa shape index (κ2) is 8.11. The molecule has 1 aromatic rings. The number of hydrogen-bond acceptors (Lipinski definition) is 3. The highest BCUT2D eigenvalue weighted by Gasteiger charge is 2.55. The number of amides is 4. The maximum absolute atomic E-state index is 12.9. The number of hydrogen-bond donors (Lipinski definition) is 2. The minimum atomic E-state index is -0.811. The Labute approximate surface area is 160 Å². The van der Waals surface area contributed by atoms with Gasteiger partial charge in [0, 0.05) is 6.04 Å². The summed E-state index contributed by atoms with van der Waals surface area (Å²) in [6.07, 6.45) is 5.24. The second-order valence-electron chi connectivity index (χ2n) is 7.93. The number of rotatable bonds is 6. The number of carbonyl (C=O) groups is 3. The van der Waals surface area contributed by atoms with E-state index in [1.807, 2.05) is 32.0 Å². The van der Waals surface area contributed by atoms with Crippen molar-refractivity contribution in [1.29, 1.82) is 0 Å². The van der Waals surface area contributed by atoms with E-state index in [2.05, 4.69) is 22.8 Å². The molecule has 1 aromatic carbocycles. The molecule has 3 rings (SSSR count). The van der Waals surface area contributed by atoms with Crippen molar-refractivity contribution >= 4 is 17.8 Å². The van der Waals surface area contributed by atoms with Crippen molar-refractivity contribution in [1.82, 2.24) is 15.5 Å². The van der Waals surface area contributed by atoms with Crippen molar-refractivity contribution in [2.75, 3.05) is 6.54 Å². The van der Waals surface area contributed by atoms with Gasteiger partial charge in [-0.3, -0.25) is 14.5 Å². The van der Waals surface area contributed by atoms with Crippen LogP contribution in [0.2, 0.25) is 0 Å². The van der Waals surface area contributed by atoms with E-state index in [4.69, 9.17) is 0 Å². The van der Waals surface area contributed by atoms with Crippen molar-refractivity contribution in [3.63, 3.8) is 0 Å². The van der Waals surface area contributed by atoms with Crippen LogP contribution in [0, 0.1) is 5.92 Å². The average molecular weight is 371 g/mol. The number of carbonyl (C=O) groups excluding carboxylic acids is 3. The lowest BCUT2D eigenvalue weighted by atomic mass is 9.73. The molecular formula is C21H29N3O3. The molecule has 6 nitrogen and oxygen atoms in total. The van der Waals surface area contributed by atoms with E-state index in [1.165, 1.54) is 5.56 Å². The molecule has 1 aliphatic heterocycles. The van der Waals surface area contributed by atoms with E-state index >= 15 is 0 Å². The topological polar surface area (TPSA) is 78.5 Å². The first-order valence-corrected chi connectivity index (χ1v) is 9.90. The Kier molecular flexibility index (Phi) is 5.82. The number of imide groups is 1. The van der Waals surface area contributed by atoms with Crippen LogP contribution in [0.5, 0.6) is 0 Å². The third-order valence-corrected chi connectivity index (χ3v) is 5.92. The molecule has 1 aliphatic carbocycles. The smallest absolute Gasteiger partial charge is 0.325 e. The molecule has 1 spiro atoms. The summed E-state index contributed by atoms with van der Waals surface area (Å²) in [4.78, 5) is 38.7. The zero-order chi connectivity index (χ0) is 19.4. The Hall–Kier alpha value is -2.37. The van der Waals surface area contributed by atoms with Crippen LogP contribution in [0.25, 0.3) is 0 Å². The molecule has 3 atom stereocenters. The summed E-state index contributed by atoms with van der Waals surface area (Å²) in [7, 11) is 0. The largest absolute Gasteiger partial charge is 0.352 e. The molecule has 2 fully saturated rings. The zero-order valence-corrected chi connectivity index (χ0v) is 16.2. The molecule has 1 saturated carbocycles. The second-order valence-corrected chi connectivity index (χ2v) is 7.93.